The first-order valence-corrected chi connectivity index (χ1v) is 17.3. The van der Waals surface area contributed by atoms with Crippen LogP contribution in [0.25, 0.3) is 0 Å². The normalized spacial score (nSPS) is 11.8. The predicted molar refractivity (Wildman–Crippen MR) is 205 cm³/mol. The summed E-state index contributed by atoms with van der Waals surface area (Å²) in [7, 11) is 0. The van der Waals surface area contributed by atoms with E-state index >= 15 is 0 Å². The molecule has 8 rings (SSSR count). The van der Waals surface area contributed by atoms with Crippen LogP contribution in [0.4, 0.5) is 0 Å². The Bertz CT molecular complexity index is 2170. The summed E-state index contributed by atoms with van der Waals surface area (Å²) in [6, 6.07) is 51.2. The van der Waals surface area contributed by atoms with E-state index in [0.717, 1.165) is 45.0 Å². The molecule has 4 aromatic heterocycles. The number of ketones is 2. The molecule has 0 aliphatic rings. The van der Waals surface area contributed by atoms with Crippen LogP contribution in [-0.2, 0) is 17.1 Å². The van der Waals surface area contributed by atoms with Crippen molar-refractivity contribution in [3.05, 3.63) is 238 Å². The van der Waals surface area contributed by atoms with E-state index in [2.05, 4.69) is 44.2 Å². The van der Waals surface area contributed by atoms with Crippen LogP contribution in [0.15, 0.2) is 170 Å². The van der Waals surface area contributed by atoms with Crippen LogP contribution in [0.2, 0.25) is 0 Å². The minimum Gasteiger partial charge on any atom is -0.657 e. The molecule has 8 aromatic rings. The molecule has 4 aromatic carbocycles. The van der Waals surface area contributed by atoms with E-state index < -0.39 is 0 Å². The van der Waals surface area contributed by atoms with Crippen LogP contribution in [0.5, 0.6) is 0 Å². The standard InChI is InChI=1S/2C23H20N2O.Cu/c2*1-16-9-11-18(12-10-16)23(26)21-14-13-20(25-21)22(19-8-5-15-24-19)17-6-3-2-4-7-17;/h2*2-15,22,24H,1H3,(H,25,26);/q;;+2/p-2. The molecular weight excluding hydrogens is 704 g/mol. The zero-order valence-electron chi connectivity index (χ0n) is 29.3. The molecule has 0 amide bonds. The number of hydrogen-bond donors (Lipinski definition) is 2. The van der Waals surface area contributed by atoms with Gasteiger partial charge in [-0.25, -0.2) is 0 Å². The second-order valence-corrected chi connectivity index (χ2v) is 12.8. The van der Waals surface area contributed by atoms with E-state index in [9.17, 15) is 9.59 Å². The van der Waals surface area contributed by atoms with Crippen molar-refractivity contribution in [1.82, 2.24) is 19.9 Å². The molecule has 1 radical (unpaired) electrons. The number of nitrogens with one attached hydrogen (secondary N) is 2. The SMILES string of the molecule is Cc1ccc(C(=O)c2ccc(C(c3ccccc3)c3ccc[nH]3)[n-]2)cc1.Cc1ccc(C(=O)c2ccc(C(c3ccccc3)c3ccc[nH]3)[n-]2)cc1.[Cu+2]. The van der Waals surface area contributed by atoms with Gasteiger partial charge >= 0.3 is 17.1 Å². The van der Waals surface area contributed by atoms with Crippen LogP contribution in [0.1, 0.15) is 89.0 Å². The van der Waals surface area contributed by atoms with Crippen molar-refractivity contribution in [1.29, 1.82) is 0 Å². The maximum atomic E-state index is 12.7. The zero-order valence-corrected chi connectivity index (χ0v) is 30.3. The molecule has 0 aliphatic carbocycles. The largest absolute Gasteiger partial charge is 2.00 e. The number of H-pyrrole nitrogens is 2. The third-order valence-electron chi connectivity index (χ3n) is 9.14. The fourth-order valence-electron chi connectivity index (χ4n) is 6.39. The molecular formula is C46H38CuN4O2. The minimum absolute atomic E-state index is 0. The molecule has 0 spiro atoms. The van der Waals surface area contributed by atoms with Gasteiger partial charge < -0.3 is 19.9 Å². The number of aromatic nitrogens is 4. The number of nitrogens with zero attached hydrogens (tertiary/aromatic N) is 2. The quantitative estimate of drug-likeness (QED) is 0.108. The Balaban J connectivity index is 0.000000178. The maximum Gasteiger partial charge on any atom is 2.00 e. The Kier molecular flexibility index (Phi) is 11.7. The molecule has 7 heteroatoms. The van der Waals surface area contributed by atoms with Crippen LogP contribution >= 0.6 is 0 Å². The van der Waals surface area contributed by atoms with Crippen molar-refractivity contribution in [2.75, 3.05) is 0 Å². The van der Waals surface area contributed by atoms with Crippen LogP contribution in [0.3, 0.4) is 0 Å². The molecule has 6 nitrogen and oxygen atoms in total. The molecule has 0 fully saturated rings. The molecule has 2 N–H and O–H groups in total. The van der Waals surface area contributed by atoms with Gasteiger partial charge in [-0.2, -0.15) is 0 Å². The van der Waals surface area contributed by atoms with Gasteiger partial charge in [-0.05, 0) is 49.2 Å². The zero-order chi connectivity index (χ0) is 35.9. The predicted octanol–water partition coefficient (Wildman–Crippen LogP) is 9.38. The fraction of sp³-hybridized carbons (Fsp3) is 0.0870. The van der Waals surface area contributed by atoms with Crippen LogP contribution in [0, 0.1) is 13.8 Å². The first kappa shape index (κ1) is 36.6. The third-order valence-corrected chi connectivity index (χ3v) is 9.14. The molecule has 2 unspecified atom stereocenters. The number of rotatable bonds is 10. The van der Waals surface area contributed by atoms with Gasteiger partial charge in [0.25, 0.3) is 0 Å². The molecule has 2 atom stereocenters. The van der Waals surface area contributed by atoms with Gasteiger partial charge in [0.05, 0.1) is 0 Å². The minimum atomic E-state index is -0.0467. The second kappa shape index (κ2) is 16.9. The van der Waals surface area contributed by atoms with Gasteiger partial charge in [0, 0.05) is 46.7 Å². The fourth-order valence-corrected chi connectivity index (χ4v) is 6.39. The Labute approximate surface area is 320 Å². The number of carbonyl (C=O) groups excluding carboxylic acids is 2. The van der Waals surface area contributed by atoms with Gasteiger partial charge in [0.2, 0.25) is 0 Å². The van der Waals surface area contributed by atoms with E-state index in [1.165, 1.54) is 0 Å². The number of benzene rings is 4. The van der Waals surface area contributed by atoms with Gasteiger partial charge in [-0.3, -0.25) is 9.59 Å². The molecule has 265 valence electrons. The summed E-state index contributed by atoms with van der Waals surface area (Å²) in [5.41, 5.74) is 10.7. The van der Waals surface area contributed by atoms with Gasteiger partial charge in [-0.15, -0.1) is 11.4 Å². The molecule has 4 heterocycles. The number of aryl methyl sites for hydroxylation is 2. The van der Waals surface area contributed by atoms with Crippen molar-refractivity contribution in [3.63, 3.8) is 0 Å². The summed E-state index contributed by atoms with van der Waals surface area (Å²) >= 11 is 0. The van der Waals surface area contributed by atoms with E-state index in [-0.39, 0.29) is 40.5 Å². The number of aromatic amines is 2. The van der Waals surface area contributed by atoms with Crippen molar-refractivity contribution < 1.29 is 26.7 Å². The molecule has 0 bridgehead atoms. The van der Waals surface area contributed by atoms with Crippen molar-refractivity contribution >= 4 is 11.6 Å². The second-order valence-electron chi connectivity index (χ2n) is 12.8. The first-order chi connectivity index (χ1) is 25.4. The Morgan fingerprint density at radius 3 is 1.17 bits per heavy atom. The van der Waals surface area contributed by atoms with E-state index in [1.54, 1.807) is 0 Å². The van der Waals surface area contributed by atoms with Crippen molar-refractivity contribution in [2.45, 2.75) is 25.7 Å². The van der Waals surface area contributed by atoms with E-state index in [0.29, 0.717) is 22.5 Å². The molecule has 0 saturated carbocycles. The molecule has 53 heavy (non-hydrogen) atoms. The first-order valence-electron chi connectivity index (χ1n) is 17.3. The Hall–Kier alpha value is -6.14. The number of hydrogen-bond acceptors (Lipinski definition) is 2. The topological polar surface area (TPSA) is 93.9 Å². The van der Waals surface area contributed by atoms with Crippen molar-refractivity contribution in [3.8, 4) is 0 Å². The van der Waals surface area contributed by atoms with E-state index in [1.807, 2.05) is 160 Å². The van der Waals surface area contributed by atoms with Crippen LogP contribution in [-0.4, -0.2) is 21.5 Å². The summed E-state index contributed by atoms with van der Waals surface area (Å²) in [5.74, 6) is -0.138. The van der Waals surface area contributed by atoms with Crippen molar-refractivity contribution in [2.24, 2.45) is 0 Å². The molecule has 0 saturated heterocycles. The summed E-state index contributed by atoms with van der Waals surface area (Å²) < 4.78 is 0. The van der Waals surface area contributed by atoms with Gasteiger partial charge in [0.1, 0.15) is 0 Å². The summed E-state index contributed by atoms with van der Waals surface area (Å²) in [6.07, 6.45) is 3.82. The summed E-state index contributed by atoms with van der Waals surface area (Å²) in [5, 5.41) is 0. The Morgan fingerprint density at radius 1 is 0.453 bits per heavy atom. The molecule has 0 aliphatic heterocycles. The van der Waals surface area contributed by atoms with Gasteiger partial charge in [-0.1, -0.05) is 156 Å². The monoisotopic (exact) mass is 741 g/mol. The van der Waals surface area contributed by atoms with E-state index in [4.69, 9.17) is 0 Å². The third kappa shape index (κ3) is 8.50. The average Bonchev–Trinajstić information content (AvgIpc) is 4.03. The summed E-state index contributed by atoms with van der Waals surface area (Å²) in [6.45, 7) is 4.02. The average molecular weight is 742 g/mol. The number of carbonyl (C=O) groups is 2. The summed E-state index contributed by atoms with van der Waals surface area (Å²) in [4.78, 5) is 41.4. The van der Waals surface area contributed by atoms with Crippen LogP contribution < -0.4 is 9.97 Å². The maximum absolute atomic E-state index is 12.7. The van der Waals surface area contributed by atoms with Gasteiger partial charge in [0.15, 0.2) is 11.6 Å². The smallest absolute Gasteiger partial charge is 0.657 e. The Morgan fingerprint density at radius 2 is 0.830 bits per heavy atom.